The lowest BCUT2D eigenvalue weighted by atomic mass is 9.58. The van der Waals surface area contributed by atoms with E-state index in [1.165, 1.54) is 23.1 Å². The summed E-state index contributed by atoms with van der Waals surface area (Å²) in [6.07, 6.45) is 0.119. The molecule has 0 fully saturated rings. The van der Waals surface area contributed by atoms with Crippen LogP contribution in [0.4, 0.5) is 0 Å². The van der Waals surface area contributed by atoms with Crippen molar-refractivity contribution in [1.29, 1.82) is 0 Å². The summed E-state index contributed by atoms with van der Waals surface area (Å²) in [6.45, 7) is 0. The van der Waals surface area contributed by atoms with E-state index in [0.717, 1.165) is 0 Å². The number of rotatable bonds is 2. The van der Waals surface area contributed by atoms with Gasteiger partial charge in [-0.25, -0.2) is 0 Å². The van der Waals surface area contributed by atoms with Gasteiger partial charge in [-0.15, -0.1) is 0 Å². The minimum atomic E-state index is -2.69. The van der Waals surface area contributed by atoms with Crippen molar-refractivity contribution in [3.05, 3.63) is 81.3 Å². The summed E-state index contributed by atoms with van der Waals surface area (Å²) in [5.41, 5.74) is 2.87. The molecule has 0 heterocycles. The highest BCUT2D eigenvalue weighted by atomic mass is 16.3. The lowest BCUT2D eigenvalue weighted by Crippen LogP contribution is -2.63. The Bertz CT molecular complexity index is 1590. The van der Waals surface area contributed by atoms with Gasteiger partial charge < -0.3 is 31.3 Å². The van der Waals surface area contributed by atoms with Gasteiger partial charge in [-0.05, 0) is 68.8 Å². The molecular formula is C29H26N2O8. The Balaban J connectivity index is 1.67. The summed E-state index contributed by atoms with van der Waals surface area (Å²) >= 11 is 0. The normalized spacial score (nSPS) is 26.0. The number of primary amides is 1. The summed E-state index contributed by atoms with van der Waals surface area (Å²) in [4.78, 5) is 40.6. The van der Waals surface area contributed by atoms with Gasteiger partial charge in [0.15, 0.2) is 11.4 Å². The molecule has 0 aliphatic heterocycles. The Hall–Kier alpha value is -4.59. The van der Waals surface area contributed by atoms with Gasteiger partial charge >= 0.3 is 0 Å². The number of ketones is 2. The van der Waals surface area contributed by atoms with E-state index < -0.39 is 58.0 Å². The topological polar surface area (TPSA) is 182 Å². The summed E-state index contributed by atoms with van der Waals surface area (Å²) in [5, 5.41) is 54.2. The van der Waals surface area contributed by atoms with E-state index in [4.69, 9.17) is 5.73 Å². The molecule has 0 spiro atoms. The lowest BCUT2D eigenvalue weighted by Gasteiger charge is -2.50. The lowest BCUT2D eigenvalue weighted by molar-refractivity contribution is -0.148. The number of phenolic OH excluding ortho intramolecular Hbond substituents is 2. The molecule has 0 aromatic heterocycles. The molecule has 39 heavy (non-hydrogen) atoms. The Labute approximate surface area is 223 Å². The van der Waals surface area contributed by atoms with Gasteiger partial charge in [0.25, 0.3) is 5.91 Å². The van der Waals surface area contributed by atoms with Crippen LogP contribution in [0.3, 0.4) is 0 Å². The summed E-state index contributed by atoms with van der Waals surface area (Å²) < 4.78 is 0. The van der Waals surface area contributed by atoms with Crippen molar-refractivity contribution in [3.8, 4) is 23.3 Å². The van der Waals surface area contributed by atoms with Crippen LogP contribution in [0.5, 0.6) is 11.5 Å². The van der Waals surface area contributed by atoms with Crippen molar-refractivity contribution in [2.24, 2.45) is 17.6 Å². The number of amides is 1. The second-order valence-electron chi connectivity index (χ2n) is 10.2. The number of likely N-dealkylation sites (N-methyl/N-ethyl adjacent to an activating group) is 1. The number of nitrogens with two attached hydrogens (primary N) is 1. The minimum Gasteiger partial charge on any atom is -0.510 e. The first-order chi connectivity index (χ1) is 18.4. The van der Waals surface area contributed by atoms with Crippen LogP contribution in [0.15, 0.2) is 59.1 Å². The molecule has 10 heteroatoms. The molecular weight excluding hydrogens is 504 g/mol. The van der Waals surface area contributed by atoms with Crippen molar-refractivity contribution in [3.63, 3.8) is 0 Å². The van der Waals surface area contributed by atoms with E-state index >= 15 is 0 Å². The third-order valence-electron chi connectivity index (χ3n) is 7.79. The van der Waals surface area contributed by atoms with Crippen LogP contribution in [0.1, 0.15) is 33.5 Å². The Kier molecular flexibility index (Phi) is 6.01. The highest BCUT2D eigenvalue weighted by molar-refractivity contribution is 6.24. The Morgan fingerprint density at radius 1 is 1.08 bits per heavy atom. The van der Waals surface area contributed by atoms with Crippen LogP contribution in [0, 0.1) is 23.7 Å². The third kappa shape index (κ3) is 3.78. The van der Waals surface area contributed by atoms with Crippen LogP contribution in [-0.4, -0.2) is 73.6 Å². The zero-order valence-corrected chi connectivity index (χ0v) is 21.1. The van der Waals surface area contributed by atoms with Gasteiger partial charge in [-0.2, -0.15) is 0 Å². The minimum absolute atomic E-state index is 0.0131. The van der Waals surface area contributed by atoms with E-state index in [-0.39, 0.29) is 35.5 Å². The first-order valence-electron chi connectivity index (χ1n) is 12.2. The second kappa shape index (κ2) is 9.01. The molecule has 0 saturated carbocycles. The van der Waals surface area contributed by atoms with Gasteiger partial charge in [0.2, 0.25) is 5.78 Å². The van der Waals surface area contributed by atoms with E-state index in [1.807, 2.05) is 0 Å². The number of aliphatic hydroxyl groups excluding tert-OH is 2. The van der Waals surface area contributed by atoms with Crippen molar-refractivity contribution in [1.82, 2.24) is 4.90 Å². The fourth-order valence-corrected chi connectivity index (χ4v) is 6.09. The largest absolute Gasteiger partial charge is 0.510 e. The molecule has 5 rings (SSSR count). The Morgan fingerprint density at radius 3 is 2.44 bits per heavy atom. The fourth-order valence-electron chi connectivity index (χ4n) is 6.09. The SMILES string of the molecule is CN(C)[C@H]1C(O)=C(C(N)=O)C(=O)[C@]2(O)C(O)=C3C(=O)c4c(O)ccc(C#Cc5cccc(O)c5)c4C[C@@H]3C[C@H]12. The van der Waals surface area contributed by atoms with Crippen LogP contribution < -0.4 is 5.73 Å². The quantitative estimate of drug-likeness (QED) is 0.246. The molecule has 2 aromatic carbocycles. The smallest absolute Gasteiger partial charge is 0.255 e. The highest BCUT2D eigenvalue weighted by Crippen LogP contribution is 2.52. The van der Waals surface area contributed by atoms with E-state index in [9.17, 15) is 39.9 Å². The summed E-state index contributed by atoms with van der Waals surface area (Å²) in [6, 6.07) is 8.11. The first kappa shape index (κ1) is 26.0. The number of Topliss-reactive ketones (excluding diaryl/α,β-unsaturated/α-hetero) is 2. The fraction of sp³-hybridized carbons (Fsp3) is 0.276. The molecule has 0 saturated heterocycles. The number of carbonyl (C=O) groups excluding carboxylic acids is 3. The van der Waals surface area contributed by atoms with Crippen molar-refractivity contribution < 1.29 is 39.9 Å². The molecule has 0 radical (unpaired) electrons. The molecule has 10 nitrogen and oxygen atoms in total. The zero-order chi connectivity index (χ0) is 28.4. The molecule has 2 aromatic rings. The average Bonchev–Trinajstić information content (AvgIpc) is 2.85. The second-order valence-corrected chi connectivity index (χ2v) is 10.2. The number of hydrogen-bond donors (Lipinski definition) is 6. The standard InChI is InChI=1S/C29H26N2O8/c1-31(2)23-18-12-15-11-17-14(7-6-13-4-3-5-16(32)10-13)8-9-19(33)21(17)24(34)20(15)26(36)29(18,39)27(37)22(25(23)35)28(30)38/h3-5,8-10,15,18,23,32-33,35-36,39H,11-12H2,1-2H3,(H2,30,38)/t15-,18-,23-,29-/m1/s1. The first-order valence-corrected chi connectivity index (χ1v) is 12.2. The monoisotopic (exact) mass is 530 g/mol. The predicted molar refractivity (Wildman–Crippen MR) is 138 cm³/mol. The number of benzene rings is 2. The van der Waals surface area contributed by atoms with Crippen LogP contribution >= 0.6 is 0 Å². The van der Waals surface area contributed by atoms with Crippen molar-refractivity contribution in [2.45, 2.75) is 24.5 Å². The van der Waals surface area contributed by atoms with E-state index in [2.05, 4.69) is 11.8 Å². The zero-order valence-electron chi connectivity index (χ0n) is 21.1. The van der Waals surface area contributed by atoms with Gasteiger partial charge in [0, 0.05) is 22.6 Å². The highest BCUT2D eigenvalue weighted by Gasteiger charge is 2.63. The number of fused-ring (bicyclic) bond motifs is 3. The van der Waals surface area contributed by atoms with Crippen LogP contribution in [0.25, 0.3) is 0 Å². The van der Waals surface area contributed by atoms with Gasteiger partial charge in [-0.1, -0.05) is 17.9 Å². The third-order valence-corrected chi connectivity index (χ3v) is 7.79. The molecule has 0 unspecified atom stereocenters. The molecule has 4 atom stereocenters. The van der Waals surface area contributed by atoms with Crippen LogP contribution in [-0.2, 0) is 16.0 Å². The van der Waals surface area contributed by atoms with Gasteiger partial charge in [0.05, 0.1) is 11.6 Å². The number of aromatic hydroxyl groups is 2. The molecule has 0 bridgehead atoms. The molecule has 200 valence electrons. The number of phenols is 2. The van der Waals surface area contributed by atoms with Crippen molar-refractivity contribution >= 4 is 17.5 Å². The maximum atomic E-state index is 13.7. The van der Waals surface area contributed by atoms with Crippen LogP contribution in [0.2, 0.25) is 0 Å². The van der Waals surface area contributed by atoms with Gasteiger partial charge in [-0.3, -0.25) is 19.3 Å². The number of carbonyl (C=O) groups is 3. The summed E-state index contributed by atoms with van der Waals surface area (Å²) in [7, 11) is 3.14. The molecule has 7 N–H and O–H groups in total. The molecule has 1 amide bonds. The average molecular weight is 531 g/mol. The molecule has 3 aliphatic rings. The summed E-state index contributed by atoms with van der Waals surface area (Å²) in [5.74, 6) is -1.09. The Morgan fingerprint density at radius 2 is 1.79 bits per heavy atom. The number of aliphatic hydroxyl groups is 3. The maximum Gasteiger partial charge on any atom is 0.255 e. The van der Waals surface area contributed by atoms with E-state index in [0.29, 0.717) is 16.7 Å². The predicted octanol–water partition coefficient (Wildman–Crippen LogP) is 1.23. The maximum absolute atomic E-state index is 13.7. The van der Waals surface area contributed by atoms with E-state index in [1.54, 1.807) is 32.3 Å². The number of allylic oxidation sites excluding steroid dienone is 1. The van der Waals surface area contributed by atoms with Gasteiger partial charge in [0.1, 0.15) is 28.6 Å². The molecule has 3 aliphatic carbocycles. The number of nitrogens with zero attached hydrogens (tertiary/aromatic N) is 1. The van der Waals surface area contributed by atoms with Crippen molar-refractivity contribution in [2.75, 3.05) is 14.1 Å². The number of hydrogen-bond acceptors (Lipinski definition) is 9.